The molecule has 0 fully saturated rings. The Balaban J connectivity index is 1.87. The highest BCUT2D eigenvalue weighted by Crippen LogP contribution is 2.43. The third-order valence-corrected chi connectivity index (χ3v) is 5.85. The van der Waals surface area contributed by atoms with Crippen molar-refractivity contribution in [3.05, 3.63) is 89.9 Å². The van der Waals surface area contributed by atoms with Crippen LogP contribution in [0.1, 0.15) is 17.0 Å². The number of sulfonamides is 1. The predicted molar refractivity (Wildman–Crippen MR) is 107 cm³/mol. The molecule has 0 aliphatic rings. The van der Waals surface area contributed by atoms with Crippen LogP contribution in [0.3, 0.4) is 0 Å². The number of nitrogens with zero attached hydrogens (tertiary/aromatic N) is 2. The third-order valence-electron chi connectivity index (χ3n) is 4.86. The normalized spacial score (nSPS) is 13.5. The Labute approximate surface area is 174 Å². The predicted octanol–water partition coefficient (Wildman–Crippen LogP) is 4.51. The molecule has 0 spiro atoms. The van der Waals surface area contributed by atoms with Gasteiger partial charge in [-0.1, -0.05) is 24.3 Å². The first kappa shape index (κ1) is 21.0. The first-order valence-electron chi connectivity index (χ1n) is 8.98. The molecular weight excluding hydrogens is 434 g/mol. The Bertz CT molecular complexity index is 1360. The van der Waals surface area contributed by atoms with Crippen molar-refractivity contribution in [3.8, 4) is 5.69 Å². The number of rotatable bonds is 4. The van der Waals surface area contributed by atoms with E-state index < -0.39 is 38.4 Å². The number of aromatic nitrogens is 2. The van der Waals surface area contributed by atoms with E-state index in [9.17, 15) is 26.0 Å². The van der Waals surface area contributed by atoms with E-state index in [1.807, 2.05) is 0 Å². The molecule has 4 rings (SSSR count). The number of hydrogen-bond acceptors (Lipinski definition) is 3. The summed E-state index contributed by atoms with van der Waals surface area (Å²) in [6, 6.07) is 14.3. The topological polar surface area (TPSA) is 78.0 Å². The molecular formula is C21H15F4N3O2S. The van der Waals surface area contributed by atoms with Crippen molar-refractivity contribution in [1.29, 1.82) is 0 Å². The van der Waals surface area contributed by atoms with Gasteiger partial charge in [0.2, 0.25) is 10.0 Å². The molecule has 4 aromatic rings. The zero-order valence-electron chi connectivity index (χ0n) is 15.7. The van der Waals surface area contributed by atoms with E-state index in [1.165, 1.54) is 65.5 Å². The molecule has 0 aliphatic heterocycles. The second-order valence-electron chi connectivity index (χ2n) is 6.91. The average molecular weight is 449 g/mol. The van der Waals surface area contributed by atoms with Crippen LogP contribution in [0.5, 0.6) is 0 Å². The Hall–Kier alpha value is -3.24. The smallest absolute Gasteiger partial charge is 0.233 e. The van der Waals surface area contributed by atoms with Crippen LogP contribution in [0.25, 0.3) is 16.6 Å². The molecule has 0 radical (unpaired) electrons. The molecule has 10 heteroatoms. The Morgan fingerprint density at radius 2 is 1.65 bits per heavy atom. The van der Waals surface area contributed by atoms with Crippen molar-refractivity contribution in [2.75, 3.05) is 0 Å². The molecule has 0 amide bonds. The van der Waals surface area contributed by atoms with Crippen molar-refractivity contribution in [3.63, 3.8) is 0 Å². The van der Waals surface area contributed by atoms with Crippen molar-refractivity contribution >= 4 is 20.9 Å². The lowest BCUT2D eigenvalue weighted by Gasteiger charge is -2.23. The first-order valence-corrected chi connectivity index (χ1v) is 10.5. The molecule has 160 valence electrons. The van der Waals surface area contributed by atoms with Crippen LogP contribution in [0.2, 0.25) is 0 Å². The molecule has 5 nitrogen and oxygen atoms in total. The van der Waals surface area contributed by atoms with Gasteiger partial charge in [-0.05, 0) is 53.6 Å². The highest BCUT2D eigenvalue weighted by Gasteiger charge is 2.44. The van der Waals surface area contributed by atoms with Crippen LogP contribution in [0, 0.1) is 5.82 Å². The average Bonchev–Trinajstić information content (AvgIpc) is 3.10. The van der Waals surface area contributed by atoms with Crippen LogP contribution in [-0.2, 0) is 10.0 Å². The molecule has 0 aliphatic carbocycles. The lowest BCUT2D eigenvalue weighted by molar-refractivity contribution is -0.141. The highest BCUT2D eigenvalue weighted by atomic mass is 32.2. The first-order chi connectivity index (χ1) is 14.6. The van der Waals surface area contributed by atoms with Gasteiger partial charge in [0.25, 0.3) is 0 Å². The number of halogens is 4. The summed E-state index contributed by atoms with van der Waals surface area (Å²) in [5, 5.41) is 9.74. The minimum absolute atomic E-state index is 0.158. The minimum atomic E-state index is -4.78. The van der Waals surface area contributed by atoms with E-state index in [0.717, 1.165) is 12.1 Å². The van der Waals surface area contributed by atoms with Gasteiger partial charge >= 0.3 is 6.18 Å². The maximum atomic E-state index is 14.1. The molecule has 1 atom stereocenters. The van der Waals surface area contributed by atoms with Crippen LogP contribution in [0.4, 0.5) is 17.6 Å². The van der Waals surface area contributed by atoms with Gasteiger partial charge in [-0.2, -0.15) is 18.3 Å². The van der Waals surface area contributed by atoms with Gasteiger partial charge in [-0.3, -0.25) is 0 Å². The van der Waals surface area contributed by atoms with Crippen molar-refractivity contribution < 1.29 is 26.0 Å². The third kappa shape index (κ3) is 4.04. The minimum Gasteiger partial charge on any atom is -0.233 e. The van der Waals surface area contributed by atoms with Crippen molar-refractivity contribution in [1.82, 2.24) is 9.78 Å². The maximum absolute atomic E-state index is 14.1. The Morgan fingerprint density at radius 3 is 2.29 bits per heavy atom. The summed E-state index contributed by atoms with van der Waals surface area (Å²) in [5.41, 5.74) is 0.435. The quantitative estimate of drug-likeness (QED) is 0.466. The second kappa shape index (κ2) is 7.47. The van der Waals surface area contributed by atoms with Gasteiger partial charge in [0.1, 0.15) is 11.7 Å². The zero-order chi connectivity index (χ0) is 22.4. The molecule has 1 heterocycles. The Morgan fingerprint density at radius 1 is 0.968 bits per heavy atom. The van der Waals surface area contributed by atoms with E-state index in [-0.39, 0.29) is 5.56 Å². The van der Waals surface area contributed by atoms with E-state index in [2.05, 4.69) is 5.10 Å². The van der Waals surface area contributed by atoms with Gasteiger partial charge in [-0.25, -0.2) is 22.6 Å². The number of hydrogen-bond donors (Lipinski definition) is 1. The van der Waals surface area contributed by atoms with Gasteiger partial charge in [0.15, 0.2) is 0 Å². The summed E-state index contributed by atoms with van der Waals surface area (Å²) in [7, 11) is -4.37. The fraction of sp³-hybridized carbons (Fsp3) is 0.0952. The summed E-state index contributed by atoms with van der Waals surface area (Å²) in [6.45, 7) is 0. The van der Waals surface area contributed by atoms with E-state index in [1.54, 1.807) is 0 Å². The van der Waals surface area contributed by atoms with Gasteiger partial charge < -0.3 is 0 Å². The fourth-order valence-corrected chi connectivity index (χ4v) is 4.32. The van der Waals surface area contributed by atoms with Crippen molar-refractivity contribution in [2.45, 2.75) is 17.0 Å². The molecule has 2 N–H and O–H groups in total. The van der Waals surface area contributed by atoms with Gasteiger partial charge in [0.05, 0.1) is 22.3 Å². The molecule has 0 saturated heterocycles. The Kier molecular flexibility index (Phi) is 5.06. The van der Waals surface area contributed by atoms with Crippen molar-refractivity contribution in [2.24, 2.45) is 5.14 Å². The molecule has 0 saturated carbocycles. The van der Waals surface area contributed by atoms with Crippen LogP contribution in [-0.4, -0.2) is 24.4 Å². The number of primary sulfonamides is 1. The molecule has 0 bridgehead atoms. The summed E-state index contributed by atoms with van der Waals surface area (Å²) in [4.78, 5) is -0.584. The van der Waals surface area contributed by atoms with Crippen LogP contribution < -0.4 is 5.14 Å². The molecule has 1 aromatic heterocycles. The largest absolute Gasteiger partial charge is 0.399 e. The lowest BCUT2D eigenvalue weighted by atomic mass is 9.90. The number of benzene rings is 3. The van der Waals surface area contributed by atoms with Crippen LogP contribution >= 0.6 is 0 Å². The van der Waals surface area contributed by atoms with Gasteiger partial charge in [-0.15, -0.1) is 0 Å². The molecule has 31 heavy (non-hydrogen) atoms. The summed E-state index contributed by atoms with van der Waals surface area (Å²) in [6.07, 6.45) is -3.39. The van der Waals surface area contributed by atoms with E-state index in [0.29, 0.717) is 16.6 Å². The lowest BCUT2D eigenvalue weighted by Crippen LogP contribution is -2.25. The van der Waals surface area contributed by atoms with Gasteiger partial charge in [0, 0.05) is 5.39 Å². The second-order valence-corrected chi connectivity index (χ2v) is 8.44. The fourth-order valence-electron chi connectivity index (χ4n) is 3.54. The number of alkyl halides is 3. The standard InChI is InChI=1S/C21H15F4N3O2S/c22-15-6-8-16(9-7-15)28-18-10-5-13(11-14(18)12-27-28)20(21(23,24)25)17-3-1-2-4-19(17)31(26,29)30/h1-12,20H,(H2,26,29,30). The zero-order valence-corrected chi connectivity index (χ0v) is 16.5. The SMILES string of the molecule is NS(=O)(=O)c1ccccc1C(c1ccc2c(cnn2-c2ccc(F)cc2)c1)C(F)(F)F. The molecule has 1 unspecified atom stereocenters. The maximum Gasteiger partial charge on any atom is 0.399 e. The van der Waals surface area contributed by atoms with E-state index >= 15 is 0 Å². The monoisotopic (exact) mass is 449 g/mol. The van der Waals surface area contributed by atoms with E-state index in [4.69, 9.17) is 5.14 Å². The summed E-state index contributed by atoms with van der Waals surface area (Å²) < 4.78 is 80.7. The van der Waals surface area contributed by atoms with Crippen LogP contribution in [0.15, 0.2) is 77.8 Å². The molecule has 3 aromatic carbocycles. The summed E-state index contributed by atoms with van der Waals surface area (Å²) >= 11 is 0. The summed E-state index contributed by atoms with van der Waals surface area (Å²) in [5.74, 6) is -2.63. The highest BCUT2D eigenvalue weighted by molar-refractivity contribution is 7.89. The number of fused-ring (bicyclic) bond motifs is 1. The number of nitrogens with two attached hydrogens (primary N) is 1.